The number of benzene rings is 2. The van der Waals surface area contributed by atoms with Crippen molar-refractivity contribution in [3.63, 3.8) is 0 Å². The SMILES string of the molecule is CC[C@H](C)[C@@H]1NC(=O)CCCN(C(=O)c2cc3ccccc3n(C)c2=O)CCCNC(=O)c2ccc3[nH]c(=O)n(c3c2)CCCNC1=O. The molecule has 4 amide bonds. The molecule has 2 aromatic heterocycles. The summed E-state index contributed by atoms with van der Waals surface area (Å²) in [7, 11) is 1.63. The van der Waals surface area contributed by atoms with Gasteiger partial charge in [-0.1, -0.05) is 38.5 Å². The number of amides is 4. The van der Waals surface area contributed by atoms with E-state index in [0.29, 0.717) is 54.3 Å². The number of aryl methyl sites for hydroxylation is 2. The zero-order valence-electron chi connectivity index (χ0n) is 27.6. The lowest BCUT2D eigenvalue weighted by molar-refractivity contribution is -0.130. The molecule has 2 bridgehead atoms. The van der Waals surface area contributed by atoms with Gasteiger partial charge in [-0.15, -0.1) is 0 Å². The highest BCUT2D eigenvalue weighted by atomic mass is 16.2. The summed E-state index contributed by atoms with van der Waals surface area (Å²) in [5, 5.41) is 9.40. The lowest BCUT2D eigenvalue weighted by Crippen LogP contribution is -2.50. The van der Waals surface area contributed by atoms with E-state index in [0.717, 1.165) is 5.39 Å². The molecule has 4 aromatic rings. The van der Waals surface area contributed by atoms with Crippen molar-refractivity contribution in [1.82, 2.24) is 35.0 Å². The minimum atomic E-state index is -0.745. The number of carbonyl (C=O) groups is 4. The number of hydrogen-bond donors (Lipinski definition) is 4. The molecule has 3 heterocycles. The Morgan fingerprint density at radius 2 is 1.62 bits per heavy atom. The second-order valence-electron chi connectivity index (χ2n) is 12.4. The Bertz CT molecular complexity index is 1960. The van der Waals surface area contributed by atoms with Gasteiger partial charge in [-0.2, -0.15) is 0 Å². The summed E-state index contributed by atoms with van der Waals surface area (Å²) in [4.78, 5) is 83.5. The van der Waals surface area contributed by atoms with Crippen LogP contribution in [0.3, 0.4) is 0 Å². The Balaban J connectivity index is 1.41. The summed E-state index contributed by atoms with van der Waals surface area (Å²) in [6.45, 7) is 5.11. The number of para-hydroxylation sites is 1. The van der Waals surface area contributed by atoms with Crippen molar-refractivity contribution in [3.05, 3.63) is 80.5 Å². The monoisotopic (exact) mass is 657 g/mol. The lowest BCUT2D eigenvalue weighted by Gasteiger charge is -2.25. The van der Waals surface area contributed by atoms with E-state index < -0.39 is 17.5 Å². The molecule has 13 heteroatoms. The van der Waals surface area contributed by atoms with Crippen LogP contribution in [-0.4, -0.2) is 74.9 Å². The molecule has 0 radical (unpaired) electrons. The van der Waals surface area contributed by atoms with Crippen LogP contribution in [0.15, 0.2) is 58.1 Å². The number of carbonyl (C=O) groups excluding carboxylic acids is 4. The lowest BCUT2D eigenvalue weighted by atomic mass is 9.98. The predicted octanol–water partition coefficient (Wildman–Crippen LogP) is 2.27. The molecular formula is C35H43N7O6. The Hall–Kier alpha value is -5.20. The minimum absolute atomic E-state index is 0.0227. The largest absolute Gasteiger partial charge is 0.354 e. The zero-order chi connectivity index (χ0) is 34.4. The van der Waals surface area contributed by atoms with Crippen LogP contribution in [0.5, 0.6) is 0 Å². The Morgan fingerprint density at radius 3 is 2.42 bits per heavy atom. The zero-order valence-corrected chi connectivity index (χ0v) is 27.6. The van der Waals surface area contributed by atoms with E-state index >= 15 is 0 Å². The van der Waals surface area contributed by atoms with Crippen molar-refractivity contribution < 1.29 is 19.2 Å². The van der Waals surface area contributed by atoms with E-state index in [9.17, 15) is 28.8 Å². The molecule has 1 aliphatic rings. The van der Waals surface area contributed by atoms with Gasteiger partial charge in [0.15, 0.2) is 0 Å². The van der Waals surface area contributed by atoms with Gasteiger partial charge in [0.1, 0.15) is 11.6 Å². The number of nitrogens with zero attached hydrogens (tertiary/aromatic N) is 3. The summed E-state index contributed by atoms with van der Waals surface area (Å²) in [6.07, 6.45) is 1.89. The number of hydrogen-bond acceptors (Lipinski definition) is 6. The van der Waals surface area contributed by atoms with Gasteiger partial charge in [0.25, 0.3) is 17.4 Å². The molecule has 1 aliphatic heterocycles. The van der Waals surface area contributed by atoms with Crippen LogP contribution in [0, 0.1) is 5.92 Å². The van der Waals surface area contributed by atoms with Crippen LogP contribution in [0.1, 0.15) is 66.7 Å². The number of aromatic nitrogens is 3. The highest BCUT2D eigenvalue weighted by Crippen LogP contribution is 2.16. The summed E-state index contributed by atoms with van der Waals surface area (Å²) >= 11 is 0. The van der Waals surface area contributed by atoms with Crippen molar-refractivity contribution in [2.75, 3.05) is 26.2 Å². The molecule has 4 N–H and O–H groups in total. The van der Waals surface area contributed by atoms with E-state index in [4.69, 9.17) is 0 Å². The van der Waals surface area contributed by atoms with E-state index in [-0.39, 0.29) is 67.5 Å². The number of aromatic amines is 1. The van der Waals surface area contributed by atoms with Crippen molar-refractivity contribution in [1.29, 1.82) is 0 Å². The van der Waals surface area contributed by atoms with Crippen LogP contribution in [-0.2, 0) is 23.2 Å². The topological polar surface area (TPSA) is 167 Å². The van der Waals surface area contributed by atoms with Gasteiger partial charge in [0.05, 0.1) is 16.6 Å². The molecular weight excluding hydrogens is 614 g/mol. The predicted molar refractivity (Wildman–Crippen MR) is 183 cm³/mol. The molecule has 13 nitrogen and oxygen atoms in total. The summed E-state index contributed by atoms with van der Waals surface area (Å²) < 4.78 is 2.99. The van der Waals surface area contributed by atoms with Crippen LogP contribution in [0.25, 0.3) is 21.9 Å². The van der Waals surface area contributed by atoms with Crippen molar-refractivity contribution in [2.45, 2.75) is 58.5 Å². The van der Waals surface area contributed by atoms with Gasteiger partial charge in [-0.25, -0.2) is 4.79 Å². The summed E-state index contributed by atoms with van der Waals surface area (Å²) in [5.41, 5.74) is 1.53. The molecule has 0 saturated carbocycles. The summed E-state index contributed by atoms with van der Waals surface area (Å²) in [5.74, 6) is -1.54. The van der Waals surface area contributed by atoms with Crippen LogP contribution >= 0.6 is 0 Å². The Labute approximate surface area is 277 Å². The smallest absolute Gasteiger partial charge is 0.326 e. The van der Waals surface area contributed by atoms with Gasteiger partial charge in [-0.3, -0.25) is 28.5 Å². The second kappa shape index (κ2) is 15.1. The van der Waals surface area contributed by atoms with Crippen molar-refractivity contribution in [3.8, 4) is 0 Å². The highest BCUT2D eigenvalue weighted by Gasteiger charge is 2.26. The maximum absolute atomic E-state index is 13.9. The third-order valence-electron chi connectivity index (χ3n) is 9.08. The molecule has 0 saturated heterocycles. The van der Waals surface area contributed by atoms with Gasteiger partial charge < -0.3 is 30.4 Å². The molecule has 2 atom stereocenters. The van der Waals surface area contributed by atoms with E-state index in [1.54, 1.807) is 31.3 Å². The standard InChI is InChI=1S/C35H43N7O6/c1-4-22(2)30-32(45)37-16-9-19-42-28-21-24(13-14-26(28)38-35(42)48)31(44)36-15-8-18-41(17-7-12-29(43)39-30)34(47)25-20-23-10-5-6-11-27(23)40(3)33(25)46/h5-6,10-11,13-14,20-22,30H,4,7-9,12,15-19H2,1-3H3,(H,36,44)(H,37,45)(H,38,48)(H,39,43)/t22-,30-/m0/s1. The van der Waals surface area contributed by atoms with Gasteiger partial charge >= 0.3 is 5.69 Å². The number of pyridine rings is 1. The van der Waals surface area contributed by atoms with E-state index in [1.165, 1.54) is 14.0 Å². The fraction of sp³-hybridized carbons (Fsp3) is 0.429. The van der Waals surface area contributed by atoms with E-state index in [2.05, 4.69) is 20.9 Å². The third kappa shape index (κ3) is 7.50. The molecule has 0 spiro atoms. The van der Waals surface area contributed by atoms with Gasteiger partial charge in [0, 0.05) is 51.8 Å². The maximum Gasteiger partial charge on any atom is 0.326 e. The van der Waals surface area contributed by atoms with Gasteiger partial charge in [0.2, 0.25) is 11.8 Å². The fourth-order valence-electron chi connectivity index (χ4n) is 6.09. The first kappa shape index (κ1) is 34.1. The van der Waals surface area contributed by atoms with Gasteiger partial charge in [-0.05, 0) is 60.9 Å². The first-order chi connectivity index (χ1) is 23.1. The van der Waals surface area contributed by atoms with Crippen LogP contribution in [0.4, 0.5) is 0 Å². The number of H-pyrrole nitrogens is 1. The Kier molecular flexibility index (Phi) is 10.8. The minimum Gasteiger partial charge on any atom is -0.354 e. The maximum atomic E-state index is 13.9. The van der Waals surface area contributed by atoms with Crippen molar-refractivity contribution in [2.24, 2.45) is 13.0 Å². The molecule has 0 aliphatic carbocycles. The first-order valence-corrected chi connectivity index (χ1v) is 16.5. The molecule has 254 valence electrons. The normalized spacial score (nSPS) is 18.2. The second-order valence-corrected chi connectivity index (χ2v) is 12.4. The first-order valence-electron chi connectivity index (χ1n) is 16.5. The summed E-state index contributed by atoms with van der Waals surface area (Å²) in [6, 6.07) is 13.1. The average molecular weight is 658 g/mol. The number of rotatable bonds is 3. The molecule has 2 aromatic carbocycles. The van der Waals surface area contributed by atoms with Crippen molar-refractivity contribution >= 4 is 45.6 Å². The molecule has 0 fully saturated rings. The average Bonchev–Trinajstić information content (AvgIpc) is 3.40. The number of fused-ring (bicyclic) bond motifs is 2. The van der Waals surface area contributed by atoms with Crippen LogP contribution < -0.4 is 27.2 Å². The molecule has 5 rings (SSSR count). The third-order valence-corrected chi connectivity index (χ3v) is 9.08. The Morgan fingerprint density at radius 1 is 0.896 bits per heavy atom. The molecule has 48 heavy (non-hydrogen) atoms. The number of imidazole rings is 1. The van der Waals surface area contributed by atoms with E-state index in [1.807, 2.05) is 38.1 Å². The quantitative estimate of drug-likeness (QED) is 0.264. The number of nitrogens with one attached hydrogen (secondary N) is 4. The highest BCUT2D eigenvalue weighted by molar-refractivity contribution is 5.98. The molecule has 0 unspecified atom stereocenters. The fourth-order valence-corrected chi connectivity index (χ4v) is 6.09. The van der Waals surface area contributed by atoms with Crippen LogP contribution in [0.2, 0.25) is 0 Å².